The quantitative estimate of drug-likeness (QED) is 0.684. The highest BCUT2D eigenvalue weighted by molar-refractivity contribution is 6.58. The minimum absolute atomic E-state index is 0.430. The van der Waals surface area contributed by atoms with Crippen molar-refractivity contribution >= 4 is 29.4 Å². The number of nitrogens with zero attached hydrogens (tertiary/aromatic N) is 3. The molecule has 2 aromatic rings. The highest BCUT2D eigenvalue weighted by Crippen LogP contribution is 2.15. The average Bonchev–Trinajstić information content (AvgIpc) is 2.47. The minimum atomic E-state index is -1.48. The lowest BCUT2D eigenvalue weighted by atomic mass is 9.80. The largest absolute Gasteiger partial charge is 0.488 e. The Morgan fingerprint density at radius 3 is 2.74 bits per heavy atom. The van der Waals surface area contributed by atoms with Gasteiger partial charge in [-0.2, -0.15) is 0 Å². The van der Waals surface area contributed by atoms with E-state index in [0.717, 1.165) is 18.5 Å². The molecule has 1 aliphatic heterocycles. The molecule has 0 atom stereocenters. The second-order valence-electron chi connectivity index (χ2n) is 4.46. The van der Waals surface area contributed by atoms with E-state index in [1.807, 2.05) is 0 Å². The third-order valence-electron chi connectivity index (χ3n) is 3.19. The van der Waals surface area contributed by atoms with Gasteiger partial charge in [-0.1, -0.05) is 12.1 Å². The second kappa shape index (κ2) is 5.12. The number of ether oxygens (including phenoxy) is 1. The molecule has 0 radical (unpaired) electrons. The fraction of sp³-hybridized carbons (Fsp3) is 0.333. The molecule has 1 aliphatic rings. The number of hydrogen-bond acceptors (Lipinski definition) is 6. The van der Waals surface area contributed by atoms with Crippen molar-refractivity contribution in [3.05, 3.63) is 24.4 Å². The van der Waals surface area contributed by atoms with E-state index in [2.05, 4.69) is 14.9 Å². The Bertz CT molecular complexity index is 587. The van der Waals surface area contributed by atoms with E-state index < -0.39 is 7.12 Å². The Morgan fingerprint density at radius 2 is 2.00 bits per heavy atom. The first kappa shape index (κ1) is 12.3. The number of benzene rings is 1. The molecule has 0 spiro atoms. The molecule has 2 heterocycles. The summed E-state index contributed by atoms with van der Waals surface area (Å²) >= 11 is 0. The molecule has 7 heteroatoms. The molecule has 1 saturated heterocycles. The number of anilines is 1. The number of morpholine rings is 1. The summed E-state index contributed by atoms with van der Waals surface area (Å²) in [6.07, 6.45) is 1.75. The smallest absolute Gasteiger partial charge is 0.423 e. The number of hydrogen-bond donors (Lipinski definition) is 2. The van der Waals surface area contributed by atoms with E-state index in [-0.39, 0.29) is 0 Å². The van der Waals surface area contributed by atoms with E-state index >= 15 is 0 Å². The fourth-order valence-corrected chi connectivity index (χ4v) is 2.11. The van der Waals surface area contributed by atoms with Gasteiger partial charge >= 0.3 is 7.12 Å². The summed E-state index contributed by atoms with van der Waals surface area (Å²) in [6, 6.07) is 5.11. The van der Waals surface area contributed by atoms with Gasteiger partial charge in [0, 0.05) is 24.7 Å². The molecule has 98 valence electrons. The number of rotatable bonds is 2. The van der Waals surface area contributed by atoms with Gasteiger partial charge in [0.15, 0.2) is 0 Å². The van der Waals surface area contributed by atoms with Gasteiger partial charge in [0.25, 0.3) is 0 Å². The fourth-order valence-electron chi connectivity index (χ4n) is 2.11. The van der Waals surface area contributed by atoms with Crippen molar-refractivity contribution in [3.8, 4) is 0 Å². The maximum atomic E-state index is 9.19. The molecule has 0 aliphatic carbocycles. The maximum absolute atomic E-state index is 9.19. The van der Waals surface area contributed by atoms with Crippen LogP contribution in [-0.2, 0) is 4.74 Å². The zero-order valence-electron chi connectivity index (χ0n) is 10.4. The Labute approximate surface area is 110 Å². The molecule has 1 fully saturated rings. The topological polar surface area (TPSA) is 78.7 Å². The van der Waals surface area contributed by atoms with Crippen LogP contribution in [0.4, 0.5) is 5.95 Å². The van der Waals surface area contributed by atoms with Crippen molar-refractivity contribution < 1.29 is 14.8 Å². The first-order valence-electron chi connectivity index (χ1n) is 6.19. The van der Waals surface area contributed by atoms with Crippen LogP contribution >= 0.6 is 0 Å². The Balaban J connectivity index is 1.98. The summed E-state index contributed by atoms with van der Waals surface area (Å²) in [5.74, 6) is 0.653. The van der Waals surface area contributed by atoms with E-state index in [1.165, 1.54) is 0 Å². The Hall–Kier alpha value is -1.70. The number of aromatic nitrogens is 2. The van der Waals surface area contributed by atoms with E-state index in [4.69, 9.17) is 4.74 Å². The predicted octanol–water partition coefficient (Wildman–Crippen LogP) is -0.854. The lowest BCUT2D eigenvalue weighted by Gasteiger charge is -2.26. The van der Waals surface area contributed by atoms with Gasteiger partial charge in [0.2, 0.25) is 5.95 Å². The van der Waals surface area contributed by atoms with Gasteiger partial charge in [0.05, 0.1) is 18.7 Å². The minimum Gasteiger partial charge on any atom is -0.423 e. The third-order valence-corrected chi connectivity index (χ3v) is 3.19. The van der Waals surface area contributed by atoms with Crippen LogP contribution in [0.3, 0.4) is 0 Å². The summed E-state index contributed by atoms with van der Waals surface area (Å²) in [5.41, 5.74) is 1.14. The summed E-state index contributed by atoms with van der Waals surface area (Å²) in [5, 5.41) is 19.2. The van der Waals surface area contributed by atoms with Crippen LogP contribution in [0.2, 0.25) is 0 Å². The average molecular weight is 259 g/mol. The molecule has 19 heavy (non-hydrogen) atoms. The highest BCUT2D eigenvalue weighted by atomic mass is 16.5. The van der Waals surface area contributed by atoms with Gasteiger partial charge in [-0.3, -0.25) is 0 Å². The lowest BCUT2D eigenvalue weighted by molar-refractivity contribution is 0.122. The van der Waals surface area contributed by atoms with Crippen molar-refractivity contribution in [2.75, 3.05) is 31.2 Å². The van der Waals surface area contributed by atoms with Gasteiger partial charge < -0.3 is 19.7 Å². The van der Waals surface area contributed by atoms with Crippen molar-refractivity contribution in [2.24, 2.45) is 0 Å². The van der Waals surface area contributed by atoms with Crippen molar-refractivity contribution in [1.29, 1.82) is 0 Å². The molecular weight excluding hydrogens is 245 g/mol. The lowest BCUT2D eigenvalue weighted by Crippen LogP contribution is -2.37. The third kappa shape index (κ3) is 2.53. The molecule has 3 rings (SSSR count). The molecule has 6 nitrogen and oxygen atoms in total. The standard InChI is InChI=1S/C12H14BN3O3/c17-13(18)10-2-1-9-8-14-12(15-11(9)7-10)16-3-5-19-6-4-16/h1-2,7-8,17-18H,3-6H2. The van der Waals surface area contributed by atoms with Gasteiger partial charge in [-0.15, -0.1) is 0 Å². The SMILES string of the molecule is OB(O)c1ccc2cnc(N3CCOCC3)nc2c1. The van der Waals surface area contributed by atoms with Crippen molar-refractivity contribution in [1.82, 2.24) is 9.97 Å². The zero-order chi connectivity index (χ0) is 13.2. The zero-order valence-corrected chi connectivity index (χ0v) is 10.4. The summed E-state index contributed by atoms with van der Waals surface area (Å²) in [7, 11) is -1.48. The molecule has 0 unspecified atom stereocenters. The van der Waals surface area contributed by atoms with Crippen LogP contribution in [0, 0.1) is 0 Å². The van der Waals surface area contributed by atoms with Gasteiger partial charge in [-0.25, -0.2) is 9.97 Å². The van der Waals surface area contributed by atoms with Gasteiger partial charge in [-0.05, 0) is 11.5 Å². The Kier molecular flexibility index (Phi) is 3.33. The van der Waals surface area contributed by atoms with Crippen LogP contribution in [-0.4, -0.2) is 53.4 Å². The number of fused-ring (bicyclic) bond motifs is 1. The molecule has 0 bridgehead atoms. The molecular formula is C12H14BN3O3. The summed E-state index contributed by atoms with van der Waals surface area (Å²) < 4.78 is 5.30. The predicted molar refractivity (Wildman–Crippen MR) is 72.4 cm³/mol. The normalized spacial score (nSPS) is 15.8. The first-order chi connectivity index (χ1) is 9.24. The maximum Gasteiger partial charge on any atom is 0.488 e. The molecule has 0 saturated carbocycles. The van der Waals surface area contributed by atoms with Crippen molar-refractivity contribution in [3.63, 3.8) is 0 Å². The van der Waals surface area contributed by atoms with Gasteiger partial charge in [0.1, 0.15) is 0 Å². The monoisotopic (exact) mass is 259 g/mol. The van der Waals surface area contributed by atoms with Crippen LogP contribution in [0.1, 0.15) is 0 Å². The van der Waals surface area contributed by atoms with E-state index in [9.17, 15) is 10.0 Å². The molecule has 0 amide bonds. The summed E-state index contributed by atoms with van der Waals surface area (Å²) in [6.45, 7) is 2.90. The molecule has 1 aromatic carbocycles. The first-order valence-corrected chi connectivity index (χ1v) is 6.19. The molecule has 1 aromatic heterocycles. The molecule has 2 N–H and O–H groups in total. The van der Waals surface area contributed by atoms with Crippen LogP contribution in [0.5, 0.6) is 0 Å². The summed E-state index contributed by atoms with van der Waals surface area (Å²) in [4.78, 5) is 10.9. The van der Waals surface area contributed by atoms with Crippen LogP contribution in [0.15, 0.2) is 24.4 Å². The second-order valence-corrected chi connectivity index (χ2v) is 4.46. The van der Waals surface area contributed by atoms with E-state index in [0.29, 0.717) is 30.1 Å². The van der Waals surface area contributed by atoms with Crippen molar-refractivity contribution in [2.45, 2.75) is 0 Å². The Morgan fingerprint density at radius 1 is 1.21 bits per heavy atom. The van der Waals surface area contributed by atoms with Crippen LogP contribution < -0.4 is 10.4 Å². The van der Waals surface area contributed by atoms with Crippen LogP contribution in [0.25, 0.3) is 10.9 Å². The van der Waals surface area contributed by atoms with E-state index in [1.54, 1.807) is 24.4 Å². The highest BCUT2D eigenvalue weighted by Gasteiger charge is 2.15.